The van der Waals surface area contributed by atoms with Gasteiger partial charge in [0, 0.05) is 12.0 Å². The van der Waals surface area contributed by atoms with E-state index in [9.17, 15) is 4.79 Å². The molecule has 1 aliphatic carbocycles. The van der Waals surface area contributed by atoms with Crippen LogP contribution < -0.4 is 0 Å². The molecule has 0 N–H and O–H groups in total. The number of hydrogen-bond donors (Lipinski definition) is 0. The van der Waals surface area contributed by atoms with Crippen molar-refractivity contribution in [2.45, 2.75) is 39.5 Å². The molecular weight excluding hydrogens is 172 g/mol. The molecule has 1 nitrogen and oxygen atoms in total. The Bertz CT molecular complexity index is 377. The summed E-state index contributed by atoms with van der Waals surface area (Å²) in [6.07, 6.45) is 4.01. The summed E-state index contributed by atoms with van der Waals surface area (Å²) in [5.41, 5.74) is 4.71. The third kappa shape index (κ3) is 1.59. The van der Waals surface area contributed by atoms with E-state index in [1.54, 1.807) is 0 Å². The largest absolute Gasteiger partial charge is 0.294 e. The van der Waals surface area contributed by atoms with Crippen molar-refractivity contribution in [2.75, 3.05) is 0 Å². The fourth-order valence-electron chi connectivity index (χ4n) is 2.38. The molecule has 0 unspecified atom stereocenters. The SMILES string of the molecule is Cc1cc(C)c2c(c1)CCCCC2=O. The Hall–Kier alpha value is -1.11. The molecule has 0 heterocycles. The predicted octanol–water partition coefficient (Wildman–Crippen LogP) is 3.21. The second-order valence-electron chi connectivity index (χ2n) is 4.25. The summed E-state index contributed by atoms with van der Waals surface area (Å²) in [7, 11) is 0. The Kier molecular flexibility index (Phi) is 2.40. The second-order valence-corrected chi connectivity index (χ2v) is 4.25. The van der Waals surface area contributed by atoms with Gasteiger partial charge in [0.25, 0.3) is 0 Å². The fraction of sp³-hybridized carbons (Fsp3) is 0.462. The molecule has 0 atom stereocenters. The number of ketones is 1. The topological polar surface area (TPSA) is 17.1 Å². The number of carbonyl (C=O) groups excluding carboxylic acids is 1. The monoisotopic (exact) mass is 188 g/mol. The summed E-state index contributed by atoms with van der Waals surface area (Å²) in [6.45, 7) is 4.15. The summed E-state index contributed by atoms with van der Waals surface area (Å²) in [5, 5.41) is 0. The van der Waals surface area contributed by atoms with Crippen molar-refractivity contribution in [3.63, 3.8) is 0 Å². The van der Waals surface area contributed by atoms with E-state index in [1.165, 1.54) is 11.1 Å². The van der Waals surface area contributed by atoms with Crippen LogP contribution in [0.3, 0.4) is 0 Å². The Labute approximate surface area is 85.1 Å². The van der Waals surface area contributed by atoms with Gasteiger partial charge in [0.05, 0.1) is 0 Å². The van der Waals surface area contributed by atoms with Crippen molar-refractivity contribution < 1.29 is 4.79 Å². The van der Waals surface area contributed by atoms with Gasteiger partial charge in [-0.1, -0.05) is 17.7 Å². The van der Waals surface area contributed by atoms with Gasteiger partial charge in [-0.25, -0.2) is 0 Å². The maximum atomic E-state index is 11.8. The summed E-state index contributed by atoms with van der Waals surface area (Å²) < 4.78 is 0. The third-order valence-electron chi connectivity index (χ3n) is 2.94. The van der Waals surface area contributed by atoms with Gasteiger partial charge < -0.3 is 0 Å². The molecule has 0 spiro atoms. The smallest absolute Gasteiger partial charge is 0.163 e. The minimum Gasteiger partial charge on any atom is -0.294 e. The van der Waals surface area contributed by atoms with Crippen LogP contribution in [0.25, 0.3) is 0 Å². The normalized spacial score (nSPS) is 16.3. The summed E-state index contributed by atoms with van der Waals surface area (Å²) in [6, 6.07) is 4.29. The molecule has 74 valence electrons. The van der Waals surface area contributed by atoms with Crippen molar-refractivity contribution in [3.8, 4) is 0 Å². The Morgan fingerprint density at radius 3 is 2.57 bits per heavy atom. The Morgan fingerprint density at radius 1 is 1.07 bits per heavy atom. The van der Waals surface area contributed by atoms with Crippen molar-refractivity contribution in [3.05, 3.63) is 34.4 Å². The standard InChI is InChI=1S/C13H16O/c1-9-7-10(2)13-11(8-9)5-3-4-6-12(13)14/h7-8H,3-6H2,1-2H3. The number of benzene rings is 1. The summed E-state index contributed by atoms with van der Waals surface area (Å²) >= 11 is 0. The first-order valence-electron chi connectivity index (χ1n) is 5.32. The molecular formula is C13H16O. The van der Waals surface area contributed by atoms with Crippen LogP contribution in [0.15, 0.2) is 12.1 Å². The van der Waals surface area contributed by atoms with E-state index in [0.29, 0.717) is 5.78 Å². The van der Waals surface area contributed by atoms with Gasteiger partial charge in [-0.15, -0.1) is 0 Å². The van der Waals surface area contributed by atoms with E-state index in [0.717, 1.165) is 36.8 Å². The molecule has 0 aliphatic heterocycles. The average Bonchev–Trinajstić information content (AvgIpc) is 2.27. The number of fused-ring (bicyclic) bond motifs is 1. The van der Waals surface area contributed by atoms with Gasteiger partial charge in [0.2, 0.25) is 0 Å². The molecule has 0 aromatic heterocycles. The van der Waals surface area contributed by atoms with Crippen molar-refractivity contribution in [1.29, 1.82) is 0 Å². The number of Topliss-reactive ketones (excluding diaryl/α,β-unsaturated/α-hetero) is 1. The van der Waals surface area contributed by atoms with Gasteiger partial charge in [-0.05, 0) is 44.2 Å². The highest BCUT2D eigenvalue weighted by atomic mass is 16.1. The zero-order valence-corrected chi connectivity index (χ0v) is 8.89. The van der Waals surface area contributed by atoms with Crippen LogP contribution in [0.4, 0.5) is 0 Å². The molecule has 0 saturated carbocycles. The first-order valence-corrected chi connectivity index (χ1v) is 5.32. The van der Waals surface area contributed by atoms with Crippen LogP contribution in [-0.2, 0) is 6.42 Å². The van der Waals surface area contributed by atoms with Crippen molar-refractivity contribution >= 4 is 5.78 Å². The molecule has 1 aromatic carbocycles. The maximum absolute atomic E-state index is 11.8. The molecule has 0 radical (unpaired) electrons. The van der Waals surface area contributed by atoms with E-state index >= 15 is 0 Å². The highest BCUT2D eigenvalue weighted by Gasteiger charge is 2.17. The summed E-state index contributed by atoms with van der Waals surface area (Å²) in [5.74, 6) is 0.343. The van der Waals surface area contributed by atoms with Crippen LogP contribution in [0.5, 0.6) is 0 Å². The zero-order chi connectivity index (χ0) is 10.1. The number of carbonyl (C=O) groups is 1. The van der Waals surface area contributed by atoms with E-state index in [2.05, 4.69) is 26.0 Å². The molecule has 0 fully saturated rings. The lowest BCUT2D eigenvalue weighted by Gasteiger charge is -2.09. The van der Waals surface area contributed by atoms with Crippen LogP contribution in [0, 0.1) is 13.8 Å². The molecule has 0 saturated heterocycles. The lowest BCUT2D eigenvalue weighted by atomic mass is 9.95. The van der Waals surface area contributed by atoms with Crippen molar-refractivity contribution in [2.24, 2.45) is 0 Å². The fourth-order valence-corrected chi connectivity index (χ4v) is 2.38. The minimum atomic E-state index is 0.343. The second kappa shape index (κ2) is 3.56. The molecule has 1 aromatic rings. The first-order chi connectivity index (χ1) is 6.68. The van der Waals surface area contributed by atoms with Gasteiger partial charge in [-0.2, -0.15) is 0 Å². The van der Waals surface area contributed by atoms with E-state index in [4.69, 9.17) is 0 Å². The Balaban J connectivity index is 2.58. The maximum Gasteiger partial charge on any atom is 0.163 e. The van der Waals surface area contributed by atoms with Gasteiger partial charge in [0.1, 0.15) is 0 Å². The van der Waals surface area contributed by atoms with Crippen LogP contribution in [0.2, 0.25) is 0 Å². The number of rotatable bonds is 0. The summed E-state index contributed by atoms with van der Waals surface area (Å²) in [4.78, 5) is 11.8. The minimum absolute atomic E-state index is 0.343. The quantitative estimate of drug-likeness (QED) is 0.571. The molecule has 0 bridgehead atoms. The molecule has 2 rings (SSSR count). The zero-order valence-electron chi connectivity index (χ0n) is 8.89. The average molecular weight is 188 g/mol. The predicted molar refractivity (Wildman–Crippen MR) is 57.8 cm³/mol. The van der Waals surface area contributed by atoms with Gasteiger partial charge in [0.15, 0.2) is 5.78 Å². The molecule has 1 heteroatoms. The van der Waals surface area contributed by atoms with E-state index in [-0.39, 0.29) is 0 Å². The third-order valence-corrected chi connectivity index (χ3v) is 2.94. The van der Waals surface area contributed by atoms with Gasteiger partial charge in [-0.3, -0.25) is 4.79 Å². The lowest BCUT2D eigenvalue weighted by Crippen LogP contribution is -2.03. The number of hydrogen-bond acceptors (Lipinski definition) is 1. The highest BCUT2D eigenvalue weighted by molar-refractivity contribution is 5.99. The van der Waals surface area contributed by atoms with Crippen LogP contribution >= 0.6 is 0 Å². The lowest BCUT2D eigenvalue weighted by molar-refractivity contribution is 0.0981. The van der Waals surface area contributed by atoms with Crippen LogP contribution in [-0.4, -0.2) is 5.78 Å². The van der Waals surface area contributed by atoms with Crippen LogP contribution in [0.1, 0.15) is 46.3 Å². The molecule has 1 aliphatic rings. The first kappa shape index (κ1) is 9.45. The van der Waals surface area contributed by atoms with Crippen molar-refractivity contribution in [1.82, 2.24) is 0 Å². The Morgan fingerprint density at radius 2 is 1.79 bits per heavy atom. The number of aryl methyl sites for hydroxylation is 3. The molecule has 0 amide bonds. The van der Waals surface area contributed by atoms with Gasteiger partial charge >= 0.3 is 0 Å². The van der Waals surface area contributed by atoms with E-state index in [1.807, 2.05) is 0 Å². The molecule has 14 heavy (non-hydrogen) atoms. The highest BCUT2D eigenvalue weighted by Crippen LogP contribution is 2.24. The van der Waals surface area contributed by atoms with E-state index < -0.39 is 0 Å².